The van der Waals surface area contributed by atoms with Crippen LogP contribution < -0.4 is 5.56 Å². The van der Waals surface area contributed by atoms with Crippen molar-refractivity contribution >= 4 is 5.65 Å². The molecule has 0 spiro atoms. The lowest BCUT2D eigenvalue weighted by Crippen LogP contribution is -2.32. The van der Waals surface area contributed by atoms with Crippen molar-refractivity contribution < 1.29 is 9.84 Å². The standard InChI is InChI=1S/C14H19N3O3/c1-16(9-12(18)10-20-2)8-11-7-14(19)17-6-4-3-5-13(17)15-11/h3-7,12,18H,8-10H2,1-2H3. The van der Waals surface area contributed by atoms with Gasteiger partial charge in [-0.25, -0.2) is 4.98 Å². The van der Waals surface area contributed by atoms with Crippen molar-refractivity contribution in [2.24, 2.45) is 0 Å². The quantitative estimate of drug-likeness (QED) is 0.813. The molecule has 2 rings (SSSR count). The van der Waals surface area contributed by atoms with Gasteiger partial charge in [-0.3, -0.25) is 14.1 Å². The fraction of sp³-hybridized carbons (Fsp3) is 0.429. The second-order valence-electron chi connectivity index (χ2n) is 4.82. The molecule has 0 amide bonds. The summed E-state index contributed by atoms with van der Waals surface area (Å²) in [7, 11) is 3.42. The number of nitrogens with zero attached hydrogens (tertiary/aromatic N) is 3. The predicted molar refractivity (Wildman–Crippen MR) is 75.7 cm³/mol. The molecule has 1 unspecified atom stereocenters. The molecule has 0 radical (unpaired) electrons. The number of fused-ring (bicyclic) bond motifs is 1. The van der Waals surface area contributed by atoms with Crippen molar-refractivity contribution in [1.29, 1.82) is 0 Å². The smallest absolute Gasteiger partial charge is 0.258 e. The topological polar surface area (TPSA) is 67.1 Å². The second-order valence-corrected chi connectivity index (χ2v) is 4.82. The molecule has 0 aliphatic rings. The summed E-state index contributed by atoms with van der Waals surface area (Å²) in [6.07, 6.45) is 1.15. The van der Waals surface area contributed by atoms with Gasteiger partial charge >= 0.3 is 0 Å². The van der Waals surface area contributed by atoms with E-state index >= 15 is 0 Å². The van der Waals surface area contributed by atoms with Crippen LogP contribution in [-0.4, -0.2) is 52.8 Å². The first-order chi connectivity index (χ1) is 9.60. The van der Waals surface area contributed by atoms with E-state index in [0.717, 1.165) is 0 Å². The zero-order valence-corrected chi connectivity index (χ0v) is 11.7. The van der Waals surface area contributed by atoms with Gasteiger partial charge in [0.05, 0.1) is 18.4 Å². The molecule has 2 aromatic heterocycles. The molecular formula is C14H19N3O3. The molecule has 1 atom stereocenters. The molecule has 0 saturated carbocycles. The zero-order chi connectivity index (χ0) is 14.5. The molecule has 1 N–H and O–H groups in total. The van der Waals surface area contributed by atoms with E-state index in [9.17, 15) is 9.90 Å². The Morgan fingerprint density at radius 1 is 1.50 bits per heavy atom. The third kappa shape index (κ3) is 3.63. The number of rotatable bonds is 6. The third-order valence-electron chi connectivity index (χ3n) is 2.94. The summed E-state index contributed by atoms with van der Waals surface area (Å²) in [4.78, 5) is 18.3. The van der Waals surface area contributed by atoms with Gasteiger partial charge in [-0.1, -0.05) is 6.07 Å². The average molecular weight is 277 g/mol. The van der Waals surface area contributed by atoms with E-state index in [0.29, 0.717) is 24.4 Å². The van der Waals surface area contributed by atoms with Crippen LogP contribution in [0.15, 0.2) is 35.3 Å². The lowest BCUT2D eigenvalue weighted by Gasteiger charge is -2.19. The van der Waals surface area contributed by atoms with Crippen LogP contribution in [0.1, 0.15) is 5.69 Å². The molecule has 0 aromatic carbocycles. The van der Waals surface area contributed by atoms with Crippen molar-refractivity contribution in [3.63, 3.8) is 0 Å². The van der Waals surface area contributed by atoms with Gasteiger partial charge in [-0.2, -0.15) is 0 Å². The zero-order valence-electron chi connectivity index (χ0n) is 11.7. The van der Waals surface area contributed by atoms with E-state index < -0.39 is 6.10 Å². The molecule has 6 nitrogen and oxygen atoms in total. The highest BCUT2D eigenvalue weighted by Gasteiger charge is 2.10. The van der Waals surface area contributed by atoms with Crippen molar-refractivity contribution in [3.8, 4) is 0 Å². The van der Waals surface area contributed by atoms with Gasteiger partial charge in [0.25, 0.3) is 5.56 Å². The number of methoxy groups -OCH3 is 1. The van der Waals surface area contributed by atoms with E-state index in [-0.39, 0.29) is 12.2 Å². The summed E-state index contributed by atoms with van der Waals surface area (Å²) in [5.74, 6) is 0. The highest BCUT2D eigenvalue weighted by molar-refractivity contribution is 5.37. The van der Waals surface area contributed by atoms with Crippen LogP contribution in [0.25, 0.3) is 5.65 Å². The summed E-state index contributed by atoms with van der Waals surface area (Å²) < 4.78 is 6.39. The molecule has 0 bridgehead atoms. The van der Waals surface area contributed by atoms with Crippen LogP contribution in [0.2, 0.25) is 0 Å². The van der Waals surface area contributed by atoms with Crippen LogP contribution in [0.3, 0.4) is 0 Å². The van der Waals surface area contributed by atoms with Gasteiger partial charge in [0.15, 0.2) is 0 Å². The number of aliphatic hydroxyl groups excluding tert-OH is 1. The largest absolute Gasteiger partial charge is 0.389 e. The molecular weight excluding hydrogens is 258 g/mol. The Balaban J connectivity index is 2.12. The minimum atomic E-state index is -0.549. The summed E-state index contributed by atoms with van der Waals surface area (Å²) >= 11 is 0. The minimum Gasteiger partial charge on any atom is -0.389 e. The van der Waals surface area contributed by atoms with Gasteiger partial charge in [-0.15, -0.1) is 0 Å². The maximum absolute atomic E-state index is 11.9. The van der Waals surface area contributed by atoms with Crippen LogP contribution in [0.5, 0.6) is 0 Å². The summed E-state index contributed by atoms with van der Waals surface area (Å²) in [5, 5.41) is 9.67. The minimum absolute atomic E-state index is 0.101. The number of likely N-dealkylation sites (N-methyl/N-ethyl adjacent to an activating group) is 1. The molecule has 0 saturated heterocycles. The first-order valence-electron chi connectivity index (χ1n) is 6.43. The van der Waals surface area contributed by atoms with E-state index in [4.69, 9.17) is 4.74 Å². The maximum atomic E-state index is 11.9. The van der Waals surface area contributed by atoms with Gasteiger partial charge in [0.2, 0.25) is 0 Å². The summed E-state index contributed by atoms with van der Waals surface area (Å²) in [6, 6.07) is 6.96. The lowest BCUT2D eigenvalue weighted by atomic mass is 10.3. The number of hydrogen-bond acceptors (Lipinski definition) is 5. The highest BCUT2D eigenvalue weighted by atomic mass is 16.5. The van der Waals surface area contributed by atoms with E-state index in [1.54, 1.807) is 25.4 Å². The lowest BCUT2D eigenvalue weighted by molar-refractivity contribution is 0.0417. The van der Waals surface area contributed by atoms with Crippen molar-refractivity contribution in [1.82, 2.24) is 14.3 Å². The van der Waals surface area contributed by atoms with Crippen LogP contribution in [0.4, 0.5) is 0 Å². The molecule has 0 fully saturated rings. The number of aromatic nitrogens is 2. The van der Waals surface area contributed by atoms with E-state index in [1.165, 1.54) is 10.5 Å². The normalized spacial score (nSPS) is 13.0. The third-order valence-corrected chi connectivity index (χ3v) is 2.94. The molecule has 108 valence electrons. The fourth-order valence-electron chi connectivity index (χ4n) is 2.13. The Labute approximate surface area is 117 Å². The Bertz CT molecular complexity index is 626. The summed E-state index contributed by atoms with van der Waals surface area (Å²) in [6.45, 7) is 1.25. The molecule has 6 heteroatoms. The predicted octanol–water partition coefficient (Wildman–Crippen LogP) is 0.134. The Hall–Kier alpha value is -1.76. The molecule has 20 heavy (non-hydrogen) atoms. The Morgan fingerprint density at radius 3 is 3.05 bits per heavy atom. The van der Waals surface area contributed by atoms with Gasteiger partial charge in [0, 0.05) is 32.5 Å². The van der Waals surface area contributed by atoms with Crippen LogP contribution >= 0.6 is 0 Å². The number of ether oxygens (including phenoxy) is 1. The first kappa shape index (κ1) is 14.6. The van der Waals surface area contributed by atoms with Crippen molar-refractivity contribution in [2.75, 3.05) is 27.3 Å². The second kappa shape index (κ2) is 6.60. The van der Waals surface area contributed by atoms with Gasteiger partial charge in [0.1, 0.15) is 5.65 Å². The van der Waals surface area contributed by atoms with E-state index in [1.807, 2.05) is 18.0 Å². The van der Waals surface area contributed by atoms with Gasteiger partial charge < -0.3 is 9.84 Å². The van der Waals surface area contributed by atoms with E-state index in [2.05, 4.69) is 4.98 Å². The fourth-order valence-corrected chi connectivity index (χ4v) is 2.13. The number of pyridine rings is 1. The maximum Gasteiger partial charge on any atom is 0.258 e. The van der Waals surface area contributed by atoms with Gasteiger partial charge in [-0.05, 0) is 19.2 Å². The SMILES string of the molecule is COCC(O)CN(C)Cc1cc(=O)n2ccccc2n1. The molecule has 0 aliphatic carbocycles. The monoisotopic (exact) mass is 277 g/mol. The van der Waals surface area contributed by atoms with Crippen LogP contribution in [-0.2, 0) is 11.3 Å². The van der Waals surface area contributed by atoms with Crippen molar-refractivity contribution in [3.05, 3.63) is 46.5 Å². The highest BCUT2D eigenvalue weighted by Crippen LogP contribution is 2.02. The Morgan fingerprint density at radius 2 is 2.30 bits per heavy atom. The summed E-state index contributed by atoms with van der Waals surface area (Å²) in [5.41, 5.74) is 1.21. The molecule has 2 heterocycles. The first-order valence-corrected chi connectivity index (χ1v) is 6.43. The number of hydrogen-bond donors (Lipinski definition) is 1. The van der Waals surface area contributed by atoms with Crippen LogP contribution in [0, 0.1) is 0 Å². The van der Waals surface area contributed by atoms with Crippen molar-refractivity contribution in [2.45, 2.75) is 12.6 Å². The average Bonchev–Trinajstić information content (AvgIpc) is 2.38. The molecule has 0 aliphatic heterocycles. The Kier molecular flexibility index (Phi) is 4.84. The molecule has 2 aromatic rings. The number of aliphatic hydroxyl groups is 1.